The highest BCUT2D eigenvalue weighted by atomic mass is 127. The number of likely N-dealkylation sites (N-methyl/N-ethyl adjacent to an activating group) is 1. The van der Waals surface area contributed by atoms with Crippen molar-refractivity contribution in [1.29, 1.82) is 0 Å². The maximum atomic E-state index is 5.88. The molecule has 27 heavy (non-hydrogen) atoms. The molecule has 2 aromatic rings. The molecule has 0 aliphatic carbocycles. The molecule has 0 amide bonds. The van der Waals surface area contributed by atoms with E-state index < -0.39 is 0 Å². The van der Waals surface area contributed by atoms with Crippen LogP contribution in [0.3, 0.4) is 0 Å². The molecule has 0 spiro atoms. The quantitative estimate of drug-likeness (QED) is 0.245. The zero-order valence-electron chi connectivity index (χ0n) is 16.2. The molecule has 0 fully saturated rings. The van der Waals surface area contributed by atoms with E-state index in [9.17, 15) is 0 Å². The number of hydrogen-bond donors (Lipinski definition) is 1. The molecule has 0 atom stereocenters. The number of halogens is 2. The summed E-state index contributed by atoms with van der Waals surface area (Å²) in [5, 5.41) is 8.23. The Kier molecular flexibility index (Phi) is 11.2. The summed E-state index contributed by atoms with van der Waals surface area (Å²) in [6, 6.07) is 7.41. The van der Waals surface area contributed by atoms with E-state index >= 15 is 0 Å². The molecule has 0 radical (unpaired) electrons. The van der Waals surface area contributed by atoms with Crippen LogP contribution in [0.5, 0.6) is 5.75 Å². The Bertz CT molecular complexity index is 690. The number of aryl methyl sites for hydroxylation is 2. The van der Waals surface area contributed by atoms with Crippen molar-refractivity contribution in [3.8, 4) is 5.75 Å². The van der Waals surface area contributed by atoms with Gasteiger partial charge in [-0.1, -0.05) is 11.6 Å². The summed E-state index contributed by atoms with van der Waals surface area (Å²) in [4.78, 5) is 6.79. The van der Waals surface area contributed by atoms with Gasteiger partial charge in [0.1, 0.15) is 12.4 Å². The van der Waals surface area contributed by atoms with Gasteiger partial charge in [0.25, 0.3) is 0 Å². The van der Waals surface area contributed by atoms with Gasteiger partial charge in [0.15, 0.2) is 5.96 Å². The number of aromatic nitrogens is 2. The van der Waals surface area contributed by atoms with Crippen LogP contribution >= 0.6 is 35.6 Å². The molecule has 2 rings (SSSR count). The van der Waals surface area contributed by atoms with E-state index in [1.54, 1.807) is 0 Å². The lowest BCUT2D eigenvalue weighted by molar-refractivity contribution is 0.281. The first kappa shape index (κ1) is 23.6. The number of nitrogens with zero attached hydrogens (tertiary/aromatic N) is 4. The minimum absolute atomic E-state index is 0. The first-order chi connectivity index (χ1) is 12.6. The van der Waals surface area contributed by atoms with Crippen molar-refractivity contribution < 1.29 is 4.74 Å². The average Bonchev–Trinajstić information content (AvgIpc) is 3.04. The van der Waals surface area contributed by atoms with Crippen LogP contribution in [0, 0.1) is 0 Å². The van der Waals surface area contributed by atoms with E-state index in [0.717, 1.165) is 44.2 Å². The number of aliphatic imine (C=N–C) groups is 1. The summed E-state index contributed by atoms with van der Waals surface area (Å²) in [5.74, 6) is 1.72. The zero-order chi connectivity index (χ0) is 18.8. The van der Waals surface area contributed by atoms with Gasteiger partial charge in [-0.25, -0.2) is 0 Å². The highest BCUT2D eigenvalue weighted by Crippen LogP contribution is 2.15. The second-order valence-corrected chi connectivity index (χ2v) is 6.52. The average molecular weight is 506 g/mol. The first-order valence-electron chi connectivity index (χ1n) is 8.94. The van der Waals surface area contributed by atoms with Crippen molar-refractivity contribution in [2.45, 2.75) is 19.8 Å². The summed E-state index contributed by atoms with van der Waals surface area (Å²) >= 11 is 5.88. The number of guanidine groups is 1. The Morgan fingerprint density at radius 2 is 2.07 bits per heavy atom. The number of nitrogens with one attached hydrogen (secondary N) is 1. The molecule has 1 aromatic heterocycles. The largest absolute Gasteiger partial charge is 0.492 e. The molecule has 0 saturated heterocycles. The Labute approximate surface area is 184 Å². The SMILES string of the molecule is CCNC(=NCCCc1cnn(C)c1)N(C)CCOc1ccc(Cl)cc1.I. The van der Waals surface area contributed by atoms with E-state index in [4.69, 9.17) is 21.3 Å². The predicted molar refractivity (Wildman–Crippen MR) is 122 cm³/mol. The second-order valence-electron chi connectivity index (χ2n) is 6.09. The van der Waals surface area contributed by atoms with E-state index in [1.807, 2.05) is 49.2 Å². The summed E-state index contributed by atoms with van der Waals surface area (Å²) in [6.45, 7) is 5.02. The fraction of sp³-hybridized carbons (Fsp3) is 0.474. The molecule has 0 bridgehead atoms. The highest BCUT2D eigenvalue weighted by Gasteiger charge is 2.06. The third kappa shape index (κ3) is 8.83. The molecule has 1 aromatic carbocycles. The van der Waals surface area contributed by atoms with Crippen LogP contribution in [-0.2, 0) is 13.5 Å². The van der Waals surface area contributed by atoms with Gasteiger partial charge in [-0.2, -0.15) is 5.10 Å². The number of benzene rings is 1. The number of hydrogen-bond acceptors (Lipinski definition) is 3. The van der Waals surface area contributed by atoms with Crippen LogP contribution in [0.25, 0.3) is 0 Å². The standard InChI is InChI=1S/C19H28ClN5O.HI/c1-4-21-19(22-11-5-6-16-14-23-25(3)15-16)24(2)12-13-26-18-9-7-17(20)8-10-18;/h7-10,14-15H,4-6,11-13H2,1-3H3,(H,21,22);1H. The number of ether oxygens (including phenoxy) is 1. The topological polar surface area (TPSA) is 54.7 Å². The maximum absolute atomic E-state index is 5.88. The van der Waals surface area contributed by atoms with Gasteiger partial charge in [-0.05, 0) is 49.6 Å². The van der Waals surface area contributed by atoms with Gasteiger partial charge in [-0.3, -0.25) is 9.67 Å². The minimum atomic E-state index is 0. The smallest absolute Gasteiger partial charge is 0.193 e. The Morgan fingerprint density at radius 1 is 1.33 bits per heavy atom. The van der Waals surface area contributed by atoms with Crippen LogP contribution in [0.1, 0.15) is 18.9 Å². The molecular weight excluding hydrogens is 477 g/mol. The summed E-state index contributed by atoms with van der Waals surface area (Å²) in [7, 11) is 3.96. The summed E-state index contributed by atoms with van der Waals surface area (Å²) in [6.07, 6.45) is 5.94. The molecule has 6 nitrogen and oxygen atoms in total. The molecule has 0 aliphatic heterocycles. The Hall–Kier alpha value is -1.48. The molecule has 0 aliphatic rings. The second kappa shape index (κ2) is 12.8. The fourth-order valence-electron chi connectivity index (χ4n) is 2.48. The molecule has 1 N–H and O–H groups in total. The van der Waals surface area contributed by atoms with Crippen molar-refractivity contribution in [2.24, 2.45) is 12.0 Å². The minimum Gasteiger partial charge on any atom is -0.492 e. The van der Waals surface area contributed by atoms with Crippen molar-refractivity contribution >= 4 is 41.5 Å². The molecule has 8 heteroatoms. The van der Waals surface area contributed by atoms with E-state index in [-0.39, 0.29) is 24.0 Å². The third-order valence-electron chi connectivity index (χ3n) is 3.85. The van der Waals surface area contributed by atoms with Gasteiger partial charge in [-0.15, -0.1) is 24.0 Å². The molecule has 0 unspecified atom stereocenters. The summed E-state index contributed by atoms with van der Waals surface area (Å²) < 4.78 is 7.58. The normalized spacial score (nSPS) is 11.0. The van der Waals surface area contributed by atoms with Gasteiger partial charge in [0.05, 0.1) is 12.7 Å². The zero-order valence-corrected chi connectivity index (χ0v) is 19.3. The van der Waals surface area contributed by atoms with Crippen molar-refractivity contribution in [2.75, 3.05) is 33.3 Å². The predicted octanol–water partition coefficient (Wildman–Crippen LogP) is 3.60. The summed E-state index contributed by atoms with van der Waals surface area (Å²) in [5.41, 5.74) is 1.25. The number of rotatable bonds is 9. The highest BCUT2D eigenvalue weighted by molar-refractivity contribution is 14.0. The van der Waals surface area contributed by atoms with Gasteiger partial charge in [0, 0.05) is 38.4 Å². The van der Waals surface area contributed by atoms with Crippen LogP contribution < -0.4 is 10.1 Å². The van der Waals surface area contributed by atoms with Gasteiger partial charge >= 0.3 is 0 Å². The van der Waals surface area contributed by atoms with Crippen LogP contribution in [0.4, 0.5) is 0 Å². The first-order valence-corrected chi connectivity index (χ1v) is 9.31. The van der Waals surface area contributed by atoms with Crippen molar-refractivity contribution in [3.05, 3.63) is 47.2 Å². The third-order valence-corrected chi connectivity index (χ3v) is 4.10. The Balaban J connectivity index is 0.00000364. The Morgan fingerprint density at radius 3 is 2.70 bits per heavy atom. The fourth-order valence-corrected chi connectivity index (χ4v) is 2.60. The van der Waals surface area contributed by atoms with E-state index in [2.05, 4.69) is 28.4 Å². The van der Waals surface area contributed by atoms with Crippen molar-refractivity contribution in [3.63, 3.8) is 0 Å². The van der Waals surface area contributed by atoms with Crippen LogP contribution in [-0.4, -0.2) is 53.9 Å². The van der Waals surface area contributed by atoms with Crippen LogP contribution in [0.2, 0.25) is 5.02 Å². The van der Waals surface area contributed by atoms with Crippen LogP contribution in [0.15, 0.2) is 41.7 Å². The lowest BCUT2D eigenvalue weighted by Gasteiger charge is -2.22. The monoisotopic (exact) mass is 505 g/mol. The van der Waals surface area contributed by atoms with E-state index in [1.165, 1.54) is 5.56 Å². The van der Waals surface area contributed by atoms with E-state index in [0.29, 0.717) is 11.6 Å². The molecular formula is C19H29ClIN5O. The molecule has 1 heterocycles. The maximum Gasteiger partial charge on any atom is 0.193 e. The van der Waals surface area contributed by atoms with Gasteiger partial charge in [0.2, 0.25) is 0 Å². The lowest BCUT2D eigenvalue weighted by Crippen LogP contribution is -2.41. The van der Waals surface area contributed by atoms with Gasteiger partial charge < -0.3 is 15.0 Å². The molecule has 0 saturated carbocycles. The van der Waals surface area contributed by atoms with Crippen molar-refractivity contribution in [1.82, 2.24) is 20.0 Å². The lowest BCUT2D eigenvalue weighted by atomic mass is 10.2. The molecule has 150 valence electrons.